The molecule has 0 radical (unpaired) electrons. The van der Waals surface area contributed by atoms with Gasteiger partial charge >= 0.3 is 0 Å². The Morgan fingerprint density at radius 2 is 2.18 bits per heavy atom. The summed E-state index contributed by atoms with van der Waals surface area (Å²) in [6.07, 6.45) is 7.93. The number of likely N-dealkylation sites (N-methyl/N-ethyl adjacent to an activating group) is 1. The van der Waals surface area contributed by atoms with Crippen molar-refractivity contribution in [2.24, 2.45) is 5.92 Å². The molecule has 0 aromatic carbocycles. The van der Waals surface area contributed by atoms with Gasteiger partial charge in [-0.15, -0.1) is 5.10 Å². The van der Waals surface area contributed by atoms with Crippen LogP contribution in [0.1, 0.15) is 32.1 Å². The molecule has 0 aliphatic heterocycles. The molecule has 94 valence electrons. The summed E-state index contributed by atoms with van der Waals surface area (Å²) in [5.74, 6) is 0.745. The first-order chi connectivity index (χ1) is 8.25. The zero-order chi connectivity index (χ0) is 12.1. The van der Waals surface area contributed by atoms with Gasteiger partial charge in [-0.3, -0.25) is 4.79 Å². The van der Waals surface area contributed by atoms with Gasteiger partial charge in [0.15, 0.2) is 0 Å². The number of aromatic nitrogens is 4. The number of nitrogens with zero attached hydrogens (tertiary/aromatic N) is 5. The number of rotatable bonds is 4. The van der Waals surface area contributed by atoms with Gasteiger partial charge in [-0.1, -0.05) is 19.3 Å². The van der Waals surface area contributed by atoms with E-state index in [9.17, 15) is 4.79 Å². The van der Waals surface area contributed by atoms with Crippen molar-refractivity contribution in [3.05, 3.63) is 6.33 Å². The van der Waals surface area contributed by atoms with Crippen LogP contribution in [0.5, 0.6) is 0 Å². The zero-order valence-electron chi connectivity index (χ0n) is 10.2. The molecule has 6 nitrogen and oxygen atoms in total. The molecule has 1 aliphatic rings. The second-order valence-corrected chi connectivity index (χ2v) is 4.79. The predicted octanol–water partition coefficient (Wildman–Crippen LogP) is 0.712. The molecule has 1 heterocycles. The monoisotopic (exact) mass is 237 g/mol. The molecular formula is C11H19N5O. The van der Waals surface area contributed by atoms with Gasteiger partial charge in [0.05, 0.1) is 0 Å². The standard InChI is InChI=1S/C11H19N5O/c1-15(7-10-5-3-2-4-6-10)11(17)8-16-9-12-13-14-16/h9-10H,2-8H2,1H3. The number of hydrogen-bond donors (Lipinski definition) is 0. The maximum Gasteiger partial charge on any atom is 0.244 e. The van der Waals surface area contributed by atoms with Crippen molar-refractivity contribution in [3.8, 4) is 0 Å². The summed E-state index contributed by atoms with van der Waals surface area (Å²) >= 11 is 0. The van der Waals surface area contributed by atoms with Crippen LogP contribution in [0.25, 0.3) is 0 Å². The fourth-order valence-electron chi connectivity index (χ4n) is 2.37. The molecule has 6 heteroatoms. The summed E-state index contributed by atoms with van der Waals surface area (Å²) in [6.45, 7) is 1.09. The largest absolute Gasteiger partial charge is 0.344 e. The van der Waals surface area contributed by atoms with Crippen molar-refractivity contribution in [2.45, 2.75) is 38.6 Å². The van der Waals surface area contributed by atoms with Gasteiger partial charge < -0.3 is 4.90 Å². The minimum atomic E-state index is 0.0721. The number of carbonyl (C=O) groups excluding carboxylic acids is 1. The van der Waals surface area contributed by atoms with Crippen LogP contribution in [0.2, 0.25) is 0 Å². The van der Waals surface area contributed by atoms with Crippen molar-refractivity contribution >= 4 is 5.91 Å². The number of carbonyl (C=O) groups is 1. The lowest BCUT2D eigenvalue weighted by atomic mass is 9.89. The number of amides is 1. The lowest BCUT2D eigenvalue weighted by Crippen LogP contribution is -2.35. The first-order valence-corrected chi connectivity index (χ1v) is 6.20. The van der Waals surface area contributed by atoms with Gasteiger partial charge in [0.2, 0.25) is 5.91 Å². The second-order valence-electron chi connectivity index (χ2n) is 4.79. The first kappa shape index (κ1) is 12.0. The van der Waals surface area contributed by atoms with Crippen molar-refractivity contribution in [1.82, 2.24) is 25.1 Å². The van der Waals surface area contributed by atoms with Gasteiger partial charge in [0.1, 0.15) is 12.9 Å². The van der Waals surface area contributed by atoms with Gasteiger partial charge in [-0.05, 0) is 29.2 Å². The molecule has 1 aromatic rings. The van der Waals surface area contributed by atoms with E-state index in [0.29, 0.717) is 5.92 Å². The molecule has 0 saturated heterocycles. The average molecular weight is 237 g/mol. The Bertz CT molecular complexity index is 345. The fraction of sp³-hybridized carbons (Fsp3) is 0.818. The highest BCUT2D eigenvalue weighted by Gasteiger charge is 2.18. The Kier molecular flexibility index (Phi) is 4.06. The summed E-state index contributed by atoms with van der Waals surface area (Å²) in [5.41, 5.74) is 0. The van der Waals surface area contributed by atoms with Crippen molar-refractivity contribution in [2.75, 3.05) is 13.6 Å². The smallest absolute Gasteiger partial charge is 0.244 e. The summed E-state index contributed by atoms with van der Waals surface area (Å²) in [5, 5.41) is 10.7. The Hall–Kier alpha value is -1.46. The van der Waals surface area contributed by atoms with Crippen LogP contribution in [0.15, 0.2) is 6.33 Å². The van der Waals surface area contributed by atoms with E-state index in [0.717, 1.165) is 6.54 Å². The van der Waals surface area contributed by atoms with E-state index >= 15 is 0 Å². The predicted molar refractivity (Wildman–Crippen MR) is 62.0 cm³/mol. The topological polar surface area (TPSA) is 63.9 Å². The van der Waals surface area contributed by atoms with Crippen LogP contribution in [-0.2, 0) is 11.3 Å². The fourth-order valence-corrected chi connectivity index (χ4v) is 2.37. The third-order valence-electron chi connectivity index (χ3n) is 3.37. The van der Waals surface area contributed by atoms with Crippen LogP contribution < -0.4 is 0 Å². The highest BCUT2D eigenvalue weighted by Crippen LogP contribution is 2.24. The molecule has 1 amide bonds. The molecule has 1 aliphatic carbocycles. The molecule has 1 fully saturated rings. The summed E-state index contributed by atoms with van der Waals surface area (Å²) in [6, 6.07) is 0. The van der Waals surface area contributed by atoms with Gasteiger partial charge in [-0.25, -0.2) is 4.68 Å². The van der Waals surface area contributed by atoms with E-state index in [2.05, 4.69) is 15.5 Å². The molecular weight excluding hydrogens is 218 g/mol. The van der Waals surface area contributed by atoms with E-state index in [4.69, 9.17) is 0 Å². The van der Waals surface area contributed by atoms with Crippen molar-refractivity contribution < 1.29 is 4.79 Å². The molecule has 0 N–H and O–H groups in total. The molecule has 0 atom stereocenters. The van der Waals surface area contributed by atoms with Gasteiger partial charge in [0, 0.05) is 13.6 Å². The molecule has 1 aromatic heterocycles. The molecule has 17 heavy (non-hydrogen) atoms. The van der Waals surface area contributed by atoms with Crippen LogP contribution in [-0.4, -0.2) is 44.6 Å². The SMILES string of the molecule is CN(CC1CCCCC1)C(=O)Cn1cnnn1. The molecule has 2 rings (SSSR count). The maximum atomic E-state index is 11.9. The summed E-state index contributed by atoms with van der Waals surface area (Å²) in [4.78, 5) is 13.7. The normalized spacial score (nSPS) is 17.0. The Morgan fingerprint density at radius 3 is 2.82 bits per heavy atom. The molecule has 0 bridgehead atoms. The lowest BCUT2D eigenvalue weighted by Gasteiger charge is -2.26. The second kappa shape index (κ2) is 5.75. The molecule has 0 unspecified atom stereocenters. The number of tetrazole rings is 1. The van der Waals surface area contributed by atoms with Crippen molar-refractivity contribution in [3.63, 3.8) is 0 Å². The quantitative estimate of drug-likeness (QED) is 0.773. The highest BCUT2D eigenvalue weighted by molar-refractivity contribution is 5.75. The Morgan fingerprint density at radius 1 is 1.41 bits per heavy atom. The van der Waals surface area contributed by atoms with Crippen LogP contribution in [0.4, 0.5) is 0 Å². The molecule has 1 saturated carbocycles. The molecule has 0 spiro atoms. The Labute approximate surface area is 101 Å². The average Bonchev–Trinajstić information content (AvgIpc) is 2.83. The third kappa shape index (κ3) is 3.51. The van der Waals surface area contributed by atoms with E-state index in [1.807, 2.05) is 7.05 Å². The van der Waals surface area contributed by atoms with Crippen molar-refractivity contribution in [1.29, 1.82) is 0 Å². The van der Waals surface area contributed by atoms with E-state index in [1.165, 1.54) is 43.1 Å². The zero-order valence-corrected chi connectivity index (χ0v) is 10.2. The van der Waals surface area contributed by atoms with Crippen LogP contribution in [0, 0.1) is 5.92 Å². The minimum Gasteiger partial charge on any atom is -0.344 e. The van der Waals surface area contributed by atoms with Gasteiger partial charge in [0.25, 0.3) is 0 Å². The summed E-state index contributed by atoms with van der Waals surface area (Å²) in [7, 11) is 1.86. The minimum absolute atomic E-state index is 0.0721. The first-order valence-electron chi connectivity index (χ1n) is 6.20. The summed E-state index contributed by atoms with van der Waals surface area (Å²) < 4.78 is 1.46. The maximum absolute atomic E-state index is 11.9. The Balaban J connectivity index is 1.78. The van der Waals surface area contributed by atoms with E-state index < -0.39 is 0 Å². The van der Waals surface area contributed by atoms with E-state index in [1.54, 1.807) is 4.90 Å². The van der Waals surface area contributed by atoms with E-state index in [-0.39, 0.29) is 12.5 Å². The lowest BCUT2D eigenvalue weighted by molar-refractivity contribution is -0.131. The highest BCUT2D eigenvalue weighted by atomic mass is 16.2. The van der Waals surface area contributed by atoms with Gasteiger partial charge in [-0.2, -0.15) is 0 Å². The third-order valence-corrected chi connectivity index (χ3v) is 3.37. The number of hydrogen-bond acceptors (Lipinski definition) is 4. The van der Waals surface area contributed by atoms with Crippen LogP contribution >= 0.6 is 0 Å². The van der Waals surface area contributed by atoms with Crippen LogP contribution in [0.3, 0.4) is 0 Å².